The highest BCUT2D eigenvalue weighted by Crippen LogP contribution is 2.29. The van der Waals surface area contributed by atoms with Crippen LogP contribution < -0.4 is 16.4 Å². The highest BCUT2D eigenvalue weighted by Gasteiger charge is 2.25. The molecule has 204 valence electrons. The van der Waals surface area contributed by atoms with Crippen LogP contribution in [-0.2, 0) is 4.79 Å². The number of carbonyl (C=O) groups is 3. The normalized spacial score (nSPS) is 20.0. The first-order valence-corrected chi connectivity index (χ1v) is 13.2. The number of benzene rings is 1. The number of nitrogens with zero attached hydrogens (tertiary/aromatic N) is 5. The third-order valence-corrected chi connectivity index (χ3v) is 7.35. The van der Waals surface area contributed by atoms with E-state index >= 15 is 0 Å². The largest absolute Gasteiger partial charge is 0.366 e. The zero-order valence-corrected chi connectivity index (χ0v) is 22.4. The molecule has 1 aliphatic carbocycles. The van der Waals surface area contributed by atoms with Gasteiger partial charge in [0.15, 0.2) is 11.5 Å². The smallest absolute Gasteiger partial charge is 0.271 e. The number of hydrogen-bond acceptors (Lipinski definition) is 8. The highest BCUT2D eigenvalue weighted by molar-refractivity contribution is 5.97. The summed E-state index contributed by atoms with van der Waals surface area (Å²) >= 11 is 0. The molecule has 4 N–H and O–H groups in total. The van der Waals surface area contributed by atoms with Gasteiger partial charge in [0.25, 0.3) is 11.8 Å². The molecule has 2 aromatic rings. The number of aromatic nitrogens is 2. The maximum Gasteiger partial charge on any atom is 0.271 e. The van der Waals surface area contributed by atoms with Crippen LogP contribution in [0.25, 0.3) is 0 Å². The summed E-state index contributed by atoms with van der Waals surface area (Å²) in [6, 6.07) is 7.31. The average molecular weight is 523 g/mol. The van der Waals surface area contributed by atoms with Crippen molar-refractivity contribution in [2.75, 3.05) is 58.0 Å². The minimum atomic E-state index is -0.681. The van der Waals surface area contributed by atoms with Gasteiger partial charge in [-0.3, -0.25) is 14.4 Å². The molecule has 0 bridgehead atoms. The predicted octanol–water partition coefficient (Wildman–Crippen LogP) is 2.16. The molecule has 0 spiro atoms. The Morgan fingerprint density at radius 3 is 2.29 bits per heavy atom. The summed E-state index contributed by atoms with van der Waals surface area (Å²) in [5.74, 6) is 0.697. The molecule has 3 amide bonds. The summed E-state index contributed by atoms with van der Waals surface area (Å²) in [7, 11) is 5.63. The lowest BCUT2D eigenvalue weighted by molar-refractivity contribution is -0.129. The van der Waals surface area contributed by atoms with Gasteiger partial charge >= 0.3 is 0 Å². The Balaban J connectivity index is 1.38. The standard InChI is InChI=1S/C27H38N8O3/c1-33(2)23(36)16-18-4-8-20(9-5-18)30-22-17-29-24(25(28)37)26(32-22)31-21-10-6-19(7-11-21)27(38)35-14-12-34(3)13-15-35/h6-7,10-11,17-18,20H,4-5,8-9,12-16H2,1-3H3,(H2,28,37)(H2,30,31,32). The van der Waals surface area contributed by atoms with Gasteiger partial charge in [-0.2, -0.15) is 0 Å². The van der Waals surface area contributed by atoms with Crippen molar-refractivity contribution in [1.82, 2.24) is 24.7 Å². The van der Waals surface area contributed by atoms with Crippen LogP contribution in [0, 0.1) is 5.92 Å². The number of rotatable bonds is 8. The number of carbonyl (C=O) groups excluding carboxylic acids is 3. The Morgan fingerprint density at radius 2 is 1.68 bits per heavy atom. The molecular weight excluding hydrogens is 484 g/mol. The van der Waals surface area contributed by atoms with Crippen LogP contribution in [-0.4, -0.2) is 95.8 Å². The zero-order valence-electron chi connectivity index (χ0n) is 22.4. The van der Waals surface area contributed by atoms with Gasteiger partial charge in [0.1, 0.15) is 5.82 Å². The molecule has 11 heteroatoms. The summed E-state index contributed by atoms with van der Waals surface area (Å²) in [4.78, 5) is 51.4. The number of hydrogen-bond donors (Lipinski definition) is 3. The first-order valence-electron chi connectivity index (χ1n) is 13.2. The average Bonchev–Trinajstić information content (AvgIpc) is 2.90. The fourth-order valence-corrected chi connectivity index (χ4v) is 4.90. The molecule has 2 fully saturated rings. The topological polar surface area (TPSA) is 137 Å². The lowest BCUT2D eigenvalue weighted by Crippen LogP contribution is -2.47. The van der Waals surface area contributed by atoms with E-state index in [-0.39, 0.29) is 29.4 Å². The zero-order chi connectivity index (χ0) is 27.2. The van der Waals surface area contributed by atoms with Crippen LogP contribution in [0.15, 0.2) is 30.5 Å². The molecule has 0 unspecified atom stereocenters. The Hall–Kier alpha value is -3.73. The summed E-state index contributed by atoms with van der Waals surface area (Å²) in [6.45, 7) is 3.15. The maximum absolute atomic E-state index is 12.8. The van der Waals surface area contributed by atoms with Crippen molar-refractivity contribution in [3.8, 4) is 0 Å². The lowest BCUT2D eigenvalue weighted by atomic mass is 9.84. The van der Waals surface area contributed by atoms with Crippen molar-refractivity contribution in [2.24, 2.45) is 11.7 Å². The van der Waals surface area contributed by atoms with Gasteiger partial charge in [0.05, 0.1) is 6.20 Å². The molecule has 38 heavy (non-hydrogen) atoms. The van der Waals surface area contributed by atoms with Crippen LogP contribution in [0.4, 0.5) is 17.3 Å². The Labute approximate surface area is 223 Å². The van der Waals surface area contributed by atoms with Crippen LogP contribution in [0.1, 0.15) is 53.0 Å². The van der Waals surface area contributed by atoms with E-state index in [0.29, 0.717) is 42.5 Å². The number of amides is 3. The van der Waals surface area contributed by atoms with Crippen molar-refractivity contribution in [3.63, 3.8) is 0 Å². The first kappa shape index (κ1) is 27.3. The quantitative estimate of drug-likeness (QED) is 0.480. The lowest BCUT2D eigenvalue weighted by Gasteiger charge is -2.32. The van der Waals surface area contributed by atoms with E-state index in [1.54, 1.807) is 43.3 Å². The molecule has 1 saturated heterocycles. The Bertz CT molecular complexity index is 1140. The molecule has 11 nitrogen and oxygen atoms in total. The fourth-order valence-electron chi connectivity index (χ4n) is 4.90. The summed E-state index contributed by atoms with van der Waals surface area (Å²) < 4.78 is 0. The second kappa shape index (κ2) is 12.2. The number of primary amides is 1. The number of piperazine rings is 1. The summed E-state index contributed by atoms with van der Waals surface area (Å²) in [5.41, 5.74) is 6.87. The minimum absolute atomic E-state index is 0.00858. The molecule has 2 heterocycles. The second-order valence-electron chi connectivity index (χ2n) is 10.5. The van der Waals surface area contributed by atoms with E-state index in [2.05, 4.69) is 32.5 Å². The van der Waals surface area contributed by atoms with Crippen LogP contribution >= 0.6 is 0 Å². The van der Waals surface area contributed by atoms with E-state index in [1.165, 1.54) is 6.20 Å². The monoisotopic (exact) mass is 522 g/mol. The SMILES string of the molecule is CN1CCN(C(=O)c2ccc(Nc3nc(NC4CCC(CC(=O)N(C)C)CC4)cnc3C(N)=O)cc2)CC1. The molecule has 0 radical (unpaired) electrons. The van der Waals surface area contributed by atoms with Crippen molar-refractivity contribution < 1.29 is 14.4 Å². The predicted molar refractivity (Wildman–Crippen MR) is 146 cm³/mol. The van der Waals surface area contributed by atoms with Crippen molar-refractivity contribution in [1.29, 1.82) is 0 Å². The van der Waals surface area contributed by atoms with Gasteiger partial charge in [-0.05, 0) is 62.9 Å². The molecule has 4 rings (SSSR count). The van der Waals surface area contributed by atoms with Gasteiger partial charge in [-0.25, -0.2) is 9.97 Å². The minimum Gasteiger partial charge on any atom is -0.366 e. The summed E-state index contributed by atoms with van der Waals surface area (Å²) in [5, 5.41) is 6.55. The number of nitrogens with two attached hydrogens (primary N) is 1. The molecule has 0 atom stereocenters. The molecule has 1 aromatic heterocycles. The van der Waals surface area contributed by atoms with Crippen molar-refractivity contribution in [3.05, 3.63) is 41.7 Å². The number of likely N-dealkylation sites (N-methyl/N-ethyl adjacent to an activating group) is 1. The van der Waals surface area contributed by atoms with E-state index < -0.39 is 5.91 Å². The van der Waals surface area contributed by atoms with E-state index in [0.717, 1.165) is 38.8 Å². The third kappa shape index (κ3) is 6.97. The first-order chi connectivity index (χ1) is 18.2. The van der Waals surface area contributed by atoms with Crippen LogP contribution in [0.5, 0.6) is 0 Å². The van der Waals surface area contributed by atoms with Crippen molar-refractivity contribution in [2.45, 2.75) is 38.1 Å². The fraction of sp³-hybridized carbons (Fsp3) is 0.519. The molecule has 1 aliphatic heterocycles. The number of nitrogens with one attached hydrogen (secondary N) is 2. The van der Waals surface area contributed by atoms with Gasteiger partial charge in [0, 0.05) is 64.0 Å². The van der Waals surface area contributed by atoms with Gasteiger partial charge in [-0.15, -0.1) is 0 Å². The van der Waals surface area contributed by atoms with Crippen molar-refractivity contribution >= 4 is 35.0 Å². The van der Waals surface area contributed by atoms with Gasteiger partial charge in [0.2, 0.25) is 5.91 Å². The van der Waals surface area contributed by atoms with E-state index in [4.69, 9.17) is 5.73 Å². The molecule has 2 aliphatic rings. The maximum atomic E-state index is 12.8. The molecule has 1 saturated carbocycles. The highest BCUT2D eigenvalue weighted by atomic mass is 16.2. The molecule has 1 aromatic carbocycles. The van der Waals surface area contributed by atoms with Gasteiger partial charge < -0.3 is 31.1 Å². The van der Waals surface area contributed by atoms with Gasteiger partial charge in [-0.1, -0.05) is 0 Å². The Kier molecular flexibility index (Phi) is 8.77. The van der Waals surface area contributed by atoms with Crippen LogP contribution in [0.2, 0.25) is 0 Å². The Morgan fingerprint density at radius 1 is 1.03 bits per heavy atom. The molecular formula is C27H38N8O3. The number of anilines is 3. The second-order valence-corrected chi connectivity index (χ2v) is 10.5. The van der Waals surface area contributed by atoms with E-state index in [1.807, 2.05) is 4.90 Å². The van der Waals surface area contributed by atoms with E-state index in [9.17, 15) is 14.4 Å². The third-order valence-electron chi connectivity index (χ3n) is 7.35. The summed E-state index contributed by atoms with van der Waals surface area (Å²) in [6.07, 6.45) is 5.89. The van der Waals surface area contributed by atoms with Crippen LogP contribution in [0.3, 0.4) is 0 Å².